The van der Waals surface area contributed by atoms with Gasteiger partial charge in [-0.05, 0) is 12.5 Å². The lowest BCUT2D eigenvalue weighted by Gasteiger charge is -2.13. The van der Waals surface area contributed by atoms with Gasteiger partial charge in [-0.25, -0.2) is 17.5 Å². The molecule has 1 unspecified atom stereocenters. The largest absolute Gasteiger partial charge is 0.395 e. The lowest BCUT2D eigenvalue weighted by atomic mass is 10.3. The van der Waals surface area contributed by atoms with Gasteiger partial charge in [-0.1, -0.05) is 6.92 Å². The Morgan fingerprint density at radius 3 is 2.75 bits per heavy atom. The maximum atomic E-state index is 12.8. The number of halogens is 1. The number of aromatic nitrogens is 1. The Bertz CT molecular complexity index is 446. The van der Waals surface area contributed by atoms with Crippen LogP contribution < -0.4 is 4.72 Å². The normalized spacial score (nSPS) is 13.7. The van der Waals surface area contributed by atoms with Crippen LogP contribution in [-0.4, -0.2) is 31.2 Å². The van der Waals surface area contributed by atoms with E-state index in [1.54, 1.807) is 6.92 Å². The molecule has 2 N–H and O–H groups in total. The summed E-state index contributed by atoms with van der Waals surface area (Å²) < 4.78 is 38.4. The summed E-state index contributed by atoms with van der Waals surface area (Å²) in [7, 11) is -3.82. The van der Waals surface area contributed by atoms with Crippen molar-refractivity contribution in [3.05, 3.63) is 24.3 Å². The van der Waals surface area contributed by atoms with Crippen molar-refractivity contribution in [2.24, 2.45) is 0 Å². The molecule has 0 aliphatic heterocycles. The van der Waals surface area contributed by atoms with Crippen molar-refractivity contribution in [1.82, 2.24) is 9.71 Å². The molecule has 0 fully saturated rings. The second kappa shape index (κ2) is 5.33. The molecule has 0 aliphatic carbocycles. The maximum Gasteiger partial charge on any atom is 0.242 e. The van der Waals surface area contributed by atoms with Gasteiger partial charge < -0.3 is 5.11 Å². The number of pyridine rings is 1. The molecule has 90 valence electrons. The Kier molecular flexibility index (Phi) is 4.34. The van der Waals surface area contributed by atoms with Crippen molar-refractivity contribution in [2.75, 3.05) is 6.61 Å². The predicted octanol–water partition coefficient (Wildman–Crippen LogP) is 0.270. The molecule has 0 aliphatic rings. The van der Waals surface area contributed by atoms with Crippen molar-refractivity contribution in [3.8, 4) is 0 Å². The summed E-state index contributed by atoms with van der Waals surface area (Å²) in [5, 5.41) is 8.87. The summed E-state index contributed by atoms with van der Waals surface area (Å²) >= 11 is 0. The first-order chi connectivity index (χ1) is 7.49. The molecular formula is C9H13FN2O3S. The fraction of sp³-hybridized carbons (Fsp3) is 0.444. The molecule has 16 heavy (non-hydrogen) atoms. The molecule has 0 bridgehead atoms. The molecule has 0 saturated heterocycles. The fourth-order valence-electron chi connectivity index (χ4n) is 1.08. The number of nitrogens with zero attached hydrogens (tertiary/aromatic N) is 1. The smallest absolute Gasteiger partial charge is 0.242 e. The molecule has 0 aromatic carbocycles. The van der Waals surface area contributed by atoms with Crippen LogP contribution in [0.4, 0.5) is 4.39 Å². The second-order valence-corrected chi connectivity index (χ2v) is 4.96. The Morgan fingerprint density at radius 1 is 1.56 bits per heavy atom. The zero-order valence-electron chi connectivity index (χ0n) is 8.72. The van der Waals surface area contributed by atoms with Gasteiger partial charge >= 0.3 is 0 Å². The highest BCUT2D eigenvalue weighted by molar-refractivity contribution is 7.89. The number of hydrogen-bond acceptors (Lipinski definition) is 4. The van der Waals surface area contributed by atoms with Crippen LogP contribution in [-0.2, 0) is 10.0 Å². The molecule has 0 saturated carbocycles. The van der Waals surface area contributed by atoms with Gasteiger partial charge in [0.25, 0.3) is 0 Å². The quantitative estimate of drug-likeness (QED) is 0.784. The third kappa shape index (κ3) is 3.22. The van der Waals surface area contributed by atoms with Gasteiger partial charge in [-0.15, -0.1) is 0 Å². The minimum absolute atomic E-state index is 0.251. The Hall–Kier alpha value is -1.05. The predicted molar refractivity (Wildman–Crippen MR) is 55.7 cm³/mol. The van der Waals surface area contributed by atoms with Gasteiger partial charge in [0.05, 0.1) is 12.8 Å². The average molecular weight is 248 g/mol. The summed E-state index contributed by atoms with van der Waals surface area (Å²) in [6.45, 7) is 1.42. The minimum Gasteiger partial charge on any atom is -0.395 e. The van der Waals surface area contributed by atoms with Crippen LogP contribution in [0, 0.1) is 5.82 Å². The molecule has 7 heteroatoms. The summed E-state index contributed by atoms with van der Waals surface area (Å²) in [6.07, 6.45) is 2.41. The monoisotopic (exact) mass is 248 g/mol. The van der Waals surface area contributed by atoms with E-state index in [1.807, 2.05) is 0 Å². The van der Waals surface area contributed by atoms with Crippen LogP contribution in [0.2, 0.25) is 0 Å². The average Bonchev–Trinajstić information content (AvgIpc) is 2.26. The Morgan fingerprint density at radius 2 is 2.25 bits per heavy atom. The summed E-state index contributed by atoms with van der Waals surface area (Å²) in [4.78, 5) is 3.20. The lowest BCUT2D eigenvalue weighted by molar-refractivity contribution is 0.254. The van der Waals surface area contributed by atoms with Crippen LogP contribution in [0.25, 0.3) is 0 Å². The van der Waals surface area contributed by atoms with E-state index in [1.165, 1.54) is 0 Å². The lowest BCUT2D eigenvalue weighted by Crippen LogP contribution is -2.36. The molecule has 0 amide bonds. The van der Waals surface area contributed by atoms with E-state index < -0.39 is 21.9 Å². The molecule has 1 aromatic heterocycles. The van der Waals surface area contributed by atoms with Gasteiger partial charge in [0.2, 0.25) is 10.0 Å². The number of nitrogens with one attached hydrogen (secondary N) is 1. The van der Waals surface area contributed by atoms with Gasteiger partial charge in [0, 0.05) is 12.2 Å². The summed E-state index contributed by atoms with van der Waals surface area (Å²) in [6, 6.07) is 0.299. The zero-order valence-corrected chi connectivity index (χ0v) is 9.54. The van der Waals surface area contributed by atoms with Crippen LogP contribution >= 0.6 is 0 Å². The molecule has 5 nitrogen and oxygen atoms in total. The molecular weight excluding hydrogens is 235 g/mol. The first kappa shape index (κ1) is 13.0. The molecule has 0 spiro atoms. The molecule has 1 heterocycles. The van der Waals surface area contributed by atoms with E-state index in [9.17, 15) is 12.8 Å². The fourth-order valence-corrected chi connectivity index (χ4v) is 2.36. The number of hydrogen-bond donors (Lipinski definition) is 2. The summed E-state index contributed by atoms with van der Waals surface area (Å²) in [5.74, 6) is -0.722. The first-order valence-electron chi connectivity index (χ1n) is 4.73. The molecule has 1 aromatic rings. The molecule has 0 radical (unpaired) electrons. The van der Waals surface area contributed by atoms with E-state index in [2.05, 4.69) is 9.71 Å². The van der Waals surface area contributed by atoms with Gasteiger partial charge in [0.1, 0.15) is 10.7 Å². The number of aliphatic hydroxyl groups excluding tert-OH is 1. The summed E-state index contributed by atoms with van der Waals surface area (Å²) in [5.41, 5.74) is 0. The Balaban J connectivity index is 2.94. The number of aliphatic hydroxyl groups is 1. The van der Waals surface area contributed by atoms with E-state index in [0.717, 1.165) is 18.5 Å². The van der Waals surface area contributed by atoms with Crippen LogP contribution in [0.1, 0.15) is 13.3 Å². The first-order valence-corrected chi connectivity index (χ1v) is 6.21. The second-order valence-electron chi connectivity index (χ2n) is 3.25. The van der Waals surface area contributed by atoms with Gasteiger partial charge in [0.15, 0.2) is 0 Å². The SMILES string of the molecule is CCC(CO)NS(=O)(=O)c1cncc(F)c1. The standard InChI is InChI=1S/C9H13FN2O3S/c1-2-8(6-13)12-16(14,15)9-3-7(10)4-11-5-9/h3-5,8,12-13H,2,6H2,1H3. The van der Waals surface area contributed by atoms with E-state index in [0.29, 0.717) is 6.42 Å². The van der Waals surface area contributed by atoms with Crippen molar-refractivity contribution < 1.29 is 17.9 Å². The van der Waals surface area contributed by atoms with Crippen LogP contribution in [0.15, 0.2) is 23.4 Å². The van der Waals surface area contributed by atoms with Crippen molar-refractivity contribution in [1.29, 1.82) is 0 Å². The van der Waals surface area contributed by atoms with Crippen LogP contribution in [0.5, 0.6) is 0 Å². The van der Waals surface area contributed by atoms with Crippen molar-refractivity contribution >= 4 is 10.0 Å². The third-order valence-electron chi connectivity index (χ3n) is 2.03. The highest BCUT2D eigenvalue weighted by Gasteiger charge is 2.19. The van der Waals surface area contributed by atoms with E-state index in [4.69, 9.17) is 5.11 Å². The van der Waals surface area contributed by atoms with E-state index >= 15 is 0 Å². The number of rotatable bonds is 5. The maximum absolute atomic E-state index is 12.8. The van der Waals surface area contributed by atoms with E-state index in [-0.39, 0.29) is 11.5 Å². The third-order valence-corrected chi connectivity index (χ3v) is 3.51. The molecule has 1 rings (SSSR count). The Labute approximate surface area is 93.4 Å². The zero-order chi connectivity index (χ0) is 12.2. The van der Waals surface area contributed by atoms with Crippen molar-refractivity contribution in [2.45, 2.75) is 24.3 Å². The highest BCUT2D eigenvalue weighted by atomic mass is 32.2. The van der Waals surface area contributed by atoms with Crippen LogP contribution in [0.3, 0.4) is 0 Å². The minimum atomic E-state index is -3.82. The van der Waals surface area contributed by atoms with Gasteiger partial charge in [-0.3, -0.25) is 4.98 Å². The topological polar surface area (TPSA) is 79.3 Å². The highest BCUT2D eigenvalue weighted by Crippen LogP contribution is 2.09. The van der Waals surface area contributed by atoms with Gasteiger partial charge in [-0.2, -0.15) is 0 Å². The van der Waals surface area contributed by atoms with Crippen molar-refractivity contribution in [3.63, 3.8) is 0 Å². The number of sulfonamides is 1. The molecule has 1 atom stereocenters.